The van der Waals surface area contributed by atoms with Crippen molar-refractivity contribution >= 4 is 35.2 Å². The lowest BCUT2D eigenvalue weighted by atomic mass is 10.1. The molecule has 30 heavy (non-hydrogen) atoms. The van der Waals surface area contributed by atoms with E-state index in [9.17, 15) is 9.59 Å². The van der Waals surface area contributed by atoms with Crippen molar-refractivity contribution in [1.82, 2.24) is 10.2 Å². The molecule has 0 aromatic heterocycles. The molecule has 6 heteroatoms. The van der Waals surface area contributed by atoms with Gasteiger partial charge in [-0.25, -0.2) is 0 Å². The lowest BCUT2D eigenvalue weighted by Gasteiger charge is -2.29. The van der Waals surface area contributed by atoms with E-state index in [0.29, 0.717) is 36.2 Å². The van der Waals surface area contributed by atoms with E-state index in [1.165, 1.54) is 5.56 Å². The highest BCUT2D eigenvalue weighted by Gasteiger charge is 2.26. The predicted molar refractivity (Wildman–Crippen MR) is 126 cm³/mol. The fourth-order valence-corrected chi connectivity index (χ4v) is 3.92. The fourth-order valence-electron chi connectivity index (χ4n) is 2.88. The maximum atomic E-state index is 13.1. The van der Waals surface area contributed by atoms with Gasteiger partial charge in [0.15, 0.2) is 0 Å². The van der Waals surface area contributed by atoms with Gasteiger partial charge in [-0.3, -0.25) is 9.59 Å². The Kier molecular flexibility index (Phi) is 9.73. The molecule has 162 valence electrons. The van der Waals surface area contributed by atoms with E-state index in [4.69, 9.17) is 11.6 Å². The predicted octanol–water partition coefficient (Wildman–Crippen LogP) is 5.32. The molecule has 0 spiro atoms. The van der Waals surface area contributed by atoms with Crippen molar-refractivity contribution in [2.45, 2.75) is 51.6 Å². The maximum absolute atomic E-state index is 13.1. The van der Waals surface area contributed by atoms with Crippen molar-refractivity contribution in [3.63, 3.8) is 0 Å². The van der Waals surface area contributed by atoms with Crippen LogP contribution >= 0.6 is 23.4 Å². The number of amides is 2. The van der Waals surface area contributed by atoms with Crippen molar-refractivity contribution in [3.8, 4) is 0 Å². The van der Waals surface area contributed by atoms with Gasteiger partial charge in [0.1, 0.15) is 6.04 Å². The Bertz CT molecular complexity index is 839. The quantitative estimate of drug-likeness (QED) is 0.502. The number of carbonyl (C=O) groups is 2. The molecule has 1 N–H and O–H groups in total. The number of nitrogens with one attached hydrogen (secondary N) is 1. The highest BCUT2D eigenvalue weighted by atomic mass is 35.5. The van der Waals surface area contributed by atoms with Crippen LogP contribution in [0, 0.1) is 12.8 Å². The van der Waals surface area contributed by atoms with E-state index in [0.717, 1.165) is 10.5 Å². The second-order valence-electron chi connectivity index (χ2n) is 7.84. The molecule has 0 bridgehead atoms. The van der Waals surface area contributed by atoms with Crippen LogP contribution in [0.5, 0.6) is 0 Å². The Morgan fingerprint density at radius 3 is 2.37 bits per heavy atom. The van der Waals surface area contributed by atoms with Gasteiger partial charge < -0.3 is 10.2 Å². The molecule has 4 nitrogen and oxygen atoms in total. The van der Waals surface area contributed by atoms with Crippen LogP contribution in [0.15, 0.2) is 53.4 Å². The fraction of sp³-hybridized carbons (Fsp3) is 0.417. The summed E-state index contributed by atoms with van der Waals surface area (Å²) in [5.74, 6) is 0.804. The monoisotopic (exact) mass is 446 g/mol. The van der Waals surface area contributed by atoms with E-state index in [1.807, 2.05) is 32.0 Å². The molecule has 0 aliphatic heterocycles. The van der Waals surface area contributed by atoms with Crippen molar-refractivity contribution in [2.24, 2.45) is 5.92 Å². The van der Waals surface area contributed by atoms with Gasteiger partial charge in [0.2, 0.25) is 11.8 Å². The molecule has 0 saturated heterocycles. The maximum Gasteiger partial charge on any atom is 0.242 e. The molecule has 0 heterocycles. The average Bonchev–Trinajstić information content (AvgIpc) is 2.72. The minimum atomic E-state index is -0.572. The van der Waals surface area contributed by atoms with Gasteiger partial charge in [-0.1, -0.05) is 61.3 Å². The van der Waals surface area contributed by atoms with Gasteiger partial charge in [0.25, 0.3) is 0 Å². The lowest BCUT2D eigenvalue weighted by molar-refractivity contribution is -0.140. The zero-order valence-corrected chi connectivity index (χ0v) is 19.7. The Morgan fingerprint density at radius 2 is 1.73 bits per heavy atom. The number of hydrogen-bond donors (Lipinski definition) is 1. The van der Waals surface area contributed by atoms with Gasteiger partial charge in [0, 0.05) is 35.2 Å². The molecule has 0 radical (unpaired) electrons. The minimum Gasteiger partial charge on any atom is -0.354 e. The number of benzene rings is 2. The van der Waals surface area contributed by atoms with Crippen LogP contribution in [-0.2, 0) is 16.1 Å². The summed E-state index contributed by atoms with van der Waals surface area (Å²) in [6.45, 7) is 8.80. The summed E-state index contributed by atoms with van der Waals surface area (Å²) in [5.41, 5.74) is 2.05. The van der Waals surface area contributed by atoms with Gasteiger partial charge >= 0.3 is 0 Å². The standard InChI is InChI=1S/C24H31ClN2O2S/c1-17(2)15-26-24(29)19(4)27(16-20-7-5-6-8-22(20)25)23(28)13-14-30-21-11-9-18(3)10-12-21/h5-12,17,19H,13-16H2,1-4H3,(H,26,29). The SMILES string of the molecule is Cc1ccc(SCCC(=O)N(Cc2ccccc2Cl)C(C)C(=O)NCC(C)C)cc1. The average molecular weight is 447 g/mol. The van der Waals surface area contributed by atoms with Crippen molar-refractivity contribution in [1.29, 1.82) is 0 Å². The first kappa shape index (κ1) is 24.3. The first-order valence-electron chi connectivity index (χ1n) is 10.3. The second kappa shape index (κ2) is 12.0. The van der Waals surface area contributed by atoms with Crippen LogP contribution in [0.1, 0.15) is 38.3 Å². The molecular formula is C24H31ClN2O2S. The van der Waals surface area contributed by atoms with E-state index >= 15 is 0 Å². The van der Waals surface area contributed by atoms with Crippen LogP contribution in [0.3, 0.4) is 0 Å². The first-order valence-corrected chi connectivity index (χ1v) is 11.6. The van der Waals surface area contributed by atoms with E-state index in [1.54, 1.807) is 29.7 Å². The largest absolute Gasteiger partial charge is 0.354 e. The topological polar surface area (TPSA) is 49.4 Å². The second-order valence-corrected chi connectivity index (χ2v) is 9.42. The Hall–Kier alpha value is -1.98. The molecular weight excluding hydrogens is 416 g/mol. The van der Waals surface area contributed by atoms with Gasteiger partial charge in [0.05, 0.1) is 0 Å². The summed E-state index contributed by atoms with van der Waals surface area (Å²) in [7, 11) is 0. The molecule has 1 unspecified atom stereocenters. The van der Waals surface area contributed by atoms with Crippen LogP contribution in [0.2, 0.25) is 5.02 Å². The summed E-state index contributed by atoms with van der Waals surface area (Å²) in [4.78, 5) is 28.5. The molecule has 1 atom stereocenters. The minimum absolute atomic E-state index is 0.0540. The molecule has 2 aromatic carbocycles. The summed E-state index contributed by atoms with van der Waals surface area (Å²) in [5, 5.41) is 3.53. The number of thioether (sulfide) groups is 1. The van der Waals surface area contributed by atoms with E-state index < -0.39 is 6.04 Å². The van der Waals surface area contributed by atoms with E-state index in [-0.39, 0.29) is 11.8 Å². The van der Waals surface area contributed by atoms with Crippen LogP contribution < -0.4 is 5.32 Å². The summed E-state index contributed by atoms with van der Waals surface area (Å²) < 4.78 is 0. The van der Waals surface area contributed by atoms with Gasteiger partial charge in [-0.15, -0.1) is 11.8 Å². The van der Waals surface area contributed by atoms with Crippen molar-refractivity contribution < 1.29 is 9.59 Å². The third kappa shape index (κ3) is 7.69. The van der Waals surface area contributed by atoms with Crippen LogP contribution in [0.25, 0.3) is 0 Å². The Labute approximate surface area is 189 Å². The number of nitrogens with zero attached hydrogens (tertiary/aromatic N) is 1. The number of aryl methyl sites for hydroxylation is 1. The van der Waals surface area contributed by atoms with Crippen molar-refractivity contribution in [3.05, 3.63) is 64.7 Å². The molecule has 0 aliphatic carbocycles. The van der Waals surface area contributed by atoms with E-state index in [2.05, 4.69) is 36.5 Å². The Morgan fingerprint density at radius 1 is 1.07 bits per heavy atom. The lowest BCUT2D eigenvalue weighted by Crippen LogP contribution is -2.48. The summed E-state index contributed by atoms with van der Waals surface area (Å²) >= 11 is 7.96. The number of rotatable bonds is 10. The van der Waals surface area contributed by atoms with Gasteiger partial charge in [-0.2, -0.15) is 0 Å². The number of halogens is 1. The third-order valence-corrected chi connectivity index (χ3v) is 6.14. The molecule has 0 fully saturated rings. The molecule has 0 aliphatic rings. The smallest absolute Gasteiger partial charge is 0.242 e. The molecule has 2 rings (SSSR count). The molecule has 2 amide bonds. The summed E-state index contributed by atoms with van der Waals surface area (Å²) in [6.07, 6.45) is 0.352. The van der Waals surface area contributed by atoms with Crippen LogP contribution in [0.4, 0.5) is 0 Å². The highest BCUT2D eigenvalue weighted by molar-refractivity contribution is 7.99. The highest BCUT2D eigenvalue weighted by Crippen LogP contribution is 2.22. The van der Waals surface area contributed by atoms with Crippen molar-refractivity contribution in [2.75, 3.05) is 12.3 Å². The molecule has 0 saturated carbocycles. The number of hydrogen-bond acceptors (Lipinski definition) is 3. The summed E-state index contributed by atoms with van der Waals surface area (Å²) in [6, 6.07) is 15.1. The zero-order valence-electron chi connectivity index (χ0n) is 18.2. The number of carbonyl (C=O) groups excluding carboxylic acids is 2. The normalized spacial score (nSPS) is 11.9. The van der Waals surface area contributed by atoms with Crippen LogP contribution in [-0.4, -0.2) is 35.1 Å². The zero-order chi connectivity index (χ0) is 22.1. The molecule has 2 aromatic rings. The van der Waals surface area contributed by atoms with Gasteiger partial charge in [-0.05, 0) is 43.5 Å². The Balaban J connectivity index is 2.06. The third-order valence-electron chi connectivity index (χ3n) is 4.76. The first-order chi connectivity index (χ1) is 14.3.